The molecule has 178 valence electrons. The van der Waals surface area contributed by atoms with Crippen molar-refractivity contribution in [2.24, 2.45) is 0 Å². The van der Waals surface area contributed by atoms with E-state index in [2.05, 4.69) is 25.8 Å². The molecule has 2 aromatic heterocycles. The number of carbonyl (C=O) groups excluding carboxylic acids is 2. The van der Waals surface area contributed by atoms with E-state index in [4.69, 9.17) is 4.74 Å². The van der Waals surface area contributed by atoms with Gasteiger partial charge in [0.15, 0.2) is 5.13 Å². The number of ether oxygens (including phenoxy) is 1. The van der Waals surface area contributed by atoms with Gasteiger partial charge in [-0.15, -0.1) is 0 Å². The molecule has 0 atom stereocenters. The summed E-state index contributed by atoms with van der Waals surface area (Å²) in [4.78, 5) is 30.1. The summed E-state index contributed by atoms with van der Waals surface area (Å²) in [7, 11) is 1.65. The lowest BCUT2D eigenvalue weighted by Crippen LogP contribution is -2.15. The van der Waals surface area contributed by atoms with Crippen LogP contribution in [0.3, 0.4) is 0 Å². The molecule has 2 heterocycles. The van der Waals surface area contributed by atoms with Crippen LogP contribution in [-0.4, -0.2) is 34.1 Å². The van der Waals surface area contributed by atoms with Crippen molar-refractivity contribution in [2.75, 3.05) is 17.7 Å². The maximum atomic E-state index is 13.1. The van der Waals surface area contributed by atoms with Crippen LogP contribution >= 0.6 is 11.3 Å². The van der Waals surface area contributed by atoms with Gasteiger partial charge in [-0.1, -0.05) is 29.5 Å². The Morgan fingerprint density at radius 1 is 0.972 bits per heavy atom. The summed E-state index contributed by atoms with van der Waals surface area (Å²) in [5.41, 5.74) is 6.21. The Bertz CT molecular complexity index is 1620. The number of thiazole rings is 1. The van der Waals surface area contributed by atoms with Gasteiger partial charge in [-0.25, -0.2) is 4.98 Å². The number of hydrogen-bond donors (Lipinski definition) is 3. The average molecular weight is 496 g/mol. The zero-order chi connectivity index (χ0) is 24.6. The number of amides is 2. The molecular weight excluding hydrogens is 474 g/mol. The van der Waals surface area contributed by atoms with Gasteiger partial charge in [-0.05, 0) is 66.9 Å². The minimum atomic E-state index is -0.257. The van der Waals surface area contributed by atoms with E-state index in [0.717, 1.165) is 39.3 Å². The molecule has 2 amide bonds. The summed E-state index contributed by atoms with van der Waals surface area (Å²) in [5.74, 6) is 0.339. The van der Waals surface area contributed by atoms with Gasteiger partial charge in [0.05, 0.1) is 23.0 Å². The number of aromatic nitrogens is 3. The molecule has 0 saturated heterocycles. The lowest BCUT2D eigenvalue weighted by atomic mass is 9.89. The molecule has 0 saturated carbocycles. The van der Waals surface area contributed by atoms with Crippen molar-refractivity contribution in [1.82, 2.24) is 15.2 Å². The standard InChI is InChI=1S/C27H21N5O3S/c1-35-18-9-11-19-16(13-18)7-10-20-23(19)31-32-24(20)26(34)28-17-8-12-22-21(14-17)29-27(36-22)30-25(33)15-5-3-2-4-6-15/h2-6,8-9,11-14H,7,10H2,1H3,(H,28,34)(H,31,32)(H,29,30,33). The number of benzene rings is 3. The van der Waals surface area contributed by atoms with Crippen LogP contribution in [0.4, 0.5) is 10.8 Å². The van der Waals surface area contributed by atoms with E-state index in [1.807, 2.05) is 48.5 Å². The van der Waals surface area contributed by atoms with Gasteiger partial charge in [0.1, 0.15) is 11.4 Å². The zero-order valence-electron chi connectivity index (χ0n) is 19.3. The number of aryl methyl sites for hydroxylation is 1. The number of methoxy groups -OCH3 is 1. The fraction of sp³-hybridized carbons (Fsp3) is 0.111. The number of anilines is 2. The molecule has 3 aromatic carbocycles. The zero-order valence-corrected chi connectivity index (χ0v) is 20.1. The van der Waals surface area contributed by atoms with Crippen molar-refractivity contribution in [1.29, 1.82) is 0 Å². The first-order chi connectivity index (χ1) is 17.6. The van der Waals surface area contributed by atoms with Crippen LogP contribution in [0.2, 0.25) is 0 Å². The van der Waals surface area contributed by atoms with Crippen LogP contribution in [0.1, 0.15) is 32.0 Å². The number of rotatable bonds is 5. The largest absolute Gasteiger partial charge is 0.497 e. The predicted molar refractivity (Wildman–Crippen MR) is 140 cm³/mol. The number of nitrogens with one attached hydrogen (secondary N) is 3. The molecule has 1 aliphatic rings. The van der Waals surface area contributed by atoms with Crippen molar-refractivity contribution in [3.05, 3.63) is 89.1 Å². The molecule has 1 aliphatic carbocycles. The Balaban J connectivity index is 1.21. The summed E-state index contributed by atoms with van der Waals surface area (Å²) in [5, 5.41) is 13.7. The molecule has 0 unspecified atom stereocenters. The van der Waals surface area contributed by atoms with Crippen molar-refractivity contribution in [3.63, 3.8) is 0 Å². The molecule has 6 rings (SSSR count). The number of nitrogens with zero attached hydrogens (tertiary/aromatic N) is 2. The summed E-state index contributed by atoms with van der Waals surface area (Å²) in [6.07, 6.45) is 1.52. The fourth-order valence-corrected chi connectivity index (χ4v) is 5.27. The van der Waals surface area contributed by atoms with Crippen molar-refractivity contribution >= 4 is 44.2 Å². The third kappa shape index (κ3) is 3.99. The van der Waals surface area contributed by atoms with E-state index in [9.17, 15) is 9.59 Å². The Labute approximate surface area is 210 Å². The van der Waals surface area contributed by atoms with Gasteiger partial charge < -0.3 is 10.1 Å². The molecule has 0 fully saturated rings. The van der Waals surface area contributed by atoms with Gasteiger partial charge in [-0.2, -0.15) is 5.10 Å². The van der Waals surface area contributed by atoms with E-state index >= 15 is 0 Å². The number of fused-ring (bicyclic) bond motifs is 4. The molecular formula is C27H21N5O3S. The number of aromatic amines is 1. The highest BCUT2D eigenvalue weighted by Gasteiger charge is 2.25. The lowest BCUT2D eigenvalue weighted by Gasteiger charge is -2.17. The van der Waals surface area contributed by atoms with Crippen molar-refractivity contribution in [3.8, 4) is 17.0 Å². The molecule has 0 spiro atoms. The fourth-order valence-electron chi connectivity index (χ4n) is 4.42. The molecule has 5 aromatic rings. The Morgan fingerprint density at radius 2 is 1.83 bits per heavy atom. The summed E-state index contributed by atoms with van der Waals surface area (Å²) >= 11 is 1.38. The highest BCUT2D eigenvalue weighted by atomic mass is 32.1. The Kier molecular flexibility index (Phi) is 5.46. The number of hydrogen-bond acceptors (Lipinski definition) is 6. The lowest BCUT2D eigenvalue weighted by molar-refractivity contribution is 0.101. The van der Waals surface area contributed by atoms with Crippen LogP contribution < -0.4 is 15.4 Å². The van der Waals surface area contributed by atoms with Gasteiger partial charge in [0.25, 0.3) is 11.8 Å². The molecule has 0 radical (unpaired) electrons. The quantitative estimate of drug-likeness (QED) is 0.307. The van der Waals surface area contributed by atoms with Gasteiger partial charge in [0.2, 0.25) is 0 Å². The third-order valence-corrected chi connectivity index (χ3v) is 7.16. The Morgan fingerprint density at radius 3 is 2.67 bits per heavy atom. The van der Waals surface area contributed by atoms with Gasteiger partial charge in [0, 0.05) is 22.4 Å². The minimum absolute atomic E-state index is 0.216. The normalized spacial score (nSPS) is 12.0. The highest BCUT2D eigenvalue weighted by Crippen LogP contribution is 2.36. The second kappa shape index (κ2) is 8.94. The number of carbonyl (C=O) groups is 2. The SMILES string of the molecule is COc1ccc2c(c1)CCc1c-2n[nH]c1C(=O)Nc1ccc2sc(NC(=O)c3ccccc3)nc2c1. The van der Waals surface area contributed by atoms with E-state index < -0.39 is 0 Å². The first kappa shape index (κ1) is 22.0. The molecule has 9 heteroatoms. The first-order valence-electron chi connectivity index (χ1n) is 11.4. The van der Waals surface area contributed by atoms with Crippen LogP contribution in [-0.2, 0) is 12.8 Å². The second-order valence-corrected chi connectivity index (χ2v) is 9.46. The molecule has 8 nitrogen and oxygen atoms in total. The summed E-state index contributed by atoms with van der Waals surface area (Å²) in [6.45, 7) is 0. The van der Waals surface area contributed by atoms with Gasteiger partial charge in [-0.3, -0.25) is 20.0 Å². The first-order valence-corrected chi connectivity index (χ1v) is 12.2. The topological polar surface area (TPSA) is 109 Å². The van der Waals surface area contributed by atoms with Crippen molar-refractivity contribution in [2.45, 2.75) is 12.8 Å². The number of H-pyrrole nitrogens is 1. The molecule has 3 N–H and O–H groups in total. The van der Waals surface area contributed by atoms with E-state index in [0.29, 0.717) is 34.0 Å². The molecule has 36 heavy (non-hydrogen) atoms. The minimum Gasteiger partial charge on any atom is -0.497 e. The maximum absolute atomic E-state index is 13.1. The molecule has 0 aliphatic heterocycles. The Hall–Kier alpha value is -4.50. The molecule has 0 bridgehead atoms. The van der Waals surface area contributed by atoms with E-state index in [1.165, 1.54) is 11.3 Å². The van der Waals surface area contributed by atoms with Crippen LogP contribution in [0, 0.1) is 0 Å². The third-order valence-electron chi connectivity index (χ3n) is 6.21. The van der Waals surface area contributed by atoms with Crippen molar-refractivity contribution < 1.29 is 14.3 Å². The highest BCUT2D eigenvalue weighted by molar-refractivity contribution is 7.22. The van der Waals surface area contributed by atoms with Crippen LogP contribution in [0.25, 0.3) is 21.5 Å². The predicted octanol–water partition coefficient (Wildman–Crippen LogP) is 5.30. The van der Waals surface area contributed by atoms with E-state index in [-0.39, 0.29) is 11.8 Å². The smallest absolute Gasteiger partial charge is 0.273 e. The average Bonchev–Trinajstić information content (AvgIpc) is 3.52. The van der Waals surface area contributed by atoms with E-state index in [1.54, 1.807) is 25.3 Å². The summed E-state index contributed by atoms with van der Waals surface area (Å²) < 4.78 is 6.24. The summed E-state index contributed by atoms with van der Waals surface area (Å²) in [6, 6.07) is 20.4. The monoisotopic (exact) mass is 495 g/mol. The van der Waals surface area contributed by atoms with Gasteiger partial charge >= 0.3 is 0 Å². The second-order valence-electron chi connectivity index (χ2n) is 8.42. The van der Waals surface area contributed by atoms with Crippen LogP contribution in [0.15, 0.2) is 66.7 Å². The maximum Gasteiger partial charge on any atom is 0.273 e. The van der Waals surface area contributed by atoms with Crippen LogP contribution in [0.5, 0.6) is 5.75 Å².